The molecule has 1 aromatic carbocycles. The number of methoxy groups -OCH3 is 1. The van der Waals surface area contributed by atoms with Crippen LogP contribution in [-0.2, 0) is 14.3 Å². The van der Waals surface area contributed by atoms with Gasteiger partial charge in [0.1, 0.15) is 5.58 Å². The van der Waals surface area contributed by atoms with Gasteiger partial charge in [0.05, 0.1) is 7.11 Å². The molecule has 1 heterocycles. The monoisotopic (exact) mass is 261 g/mol. The first-order valence-electron chi connectivity index (χ1n) is 5.45. The summed E-state index contributed by atoms with van der Waals surface area (Å²) in [4.78, 5) is 33.6. The van der Waals surface area contributed by atoms with Crippen molar-refractivity contribution in [3.63, 3.8) is 0 Å². The number of nitrogens with one attached hydrogen (secondary N) is 1. The van der Waals surface area contributed by atoms with E-state index in [-0.39, 0.29) is 0 Å². The summed E-state index contributed by atoms with van der Waals surface area (Å²) in [5, 5.41) is 3.11. The molecule has 1 amide bonds. The van der Waals surface area contributed by atoms with Crippen LogP contribution in [0.3, 0.4) is 0 Å². The number of ether oxygens (including phenoxy) is 1. The molecule has 0 bridgehead atoms. The van der Waals surface area contributed by atoms with Gasteiger partial charge >= 0.3 is 17.5 Å². The van der Waals surface area contributed by atoms with Gasteiger partial charge in [0, 0.05) is 23.2 Å². The van der Waals surface area contributed by atoms with Crippen LogP contribution >= 0.6 is 0 Å². The lowest BCUT2D eigenvalue weighted by Crippen LogP contribution is -2.23. The van der Waals surface area contributed by atoms with Crippen LogP contribution in [0.15, 0.2) is 33.5 Å². The fourth-order valence-electron chi connectivity index (χ4n) is 1.68. The van der Waals surface area contributed by atoms with Gasteiger partial charge in [0.2, 0.25) is 0 Å². The molecule has 6 nitrogen and oxygen atoms in total. The highest BCUT2D eigenvalue weighted by Gasteiger charge is 2.14. The van der Waals surface area contributed by atoms with E-state index in [1.165, 1.54) is 12.1 Å². The van der Waals surface area contributed by atoms with Gasteiger partial charge in [0.15, 0.2) is 0 Å². The van der Waals surface area contributed by atoms with Crippen molar-refractivity contribution in [1.29, 1.82) is 0 Å². The van der Waals surface area contributed by atoms with Gasteiger partial charge in [-0.15, -0.1) is 0 Å². The van der Waals surface area contributed by atoms with E-state index in [0.29, 0.717) is 11.3 Å². The molecule has 19 heavy (non-hydrogen) atoms. The van der Waals surface area contributed by atoms with Crippen LogP contribution in [0, 0.1) is 6.92 Å². The Labute approximate surface area is 108 Å². The molecule has 0 unspecified atom stereocenters. The largest absolute Gasteiger partial charge is 0.462 e. The van der Waals surface area contributed by atoms with Gasteiger partial charge in [-0.1, -0.05) is 0 Å². The SMILES string of the molecule is COC(=O)C(=O)Nc1ccc2c(C)cc(=O)oc2c1. The third kappa shape index (κ3) is 2.62. The number of amides is 1. The standard InChI is InChI=1S/C13H11NO5/c1-7-5-11(15)19-10-6-8(3-4-9(7)10)14-12(16)13(17)18-2/h3-6H,1-2H3,(H,14,16). The molecular formula is C13H11NO5. The first-order valence-corrected chi connectivity index (χ1v) is 5.45. The maximum Gasteiger partial charge on any atom is 0.396 e. The first-order chi connectivity index (χ1) is 9.01. The molecule has 1 N–H and O–H groups in total. The molecule has 0 radical (unpaired) electrons. The molecule has 0 fully saturated rings. The number of benzene rings is 1. The summed E-state index contributed by atoms with van der Waals surface area (Å²) in [6.45, 7) is 1.78. The van der Waals surface area contributed by atoms with Gasteiger partial charge in [0.25, 0.3) is 0 Å². The highest BCUT2D eigenvalue weighted by Crippen LogP contribution is 2.20. The first kappa shape index (κ1) is 12.8. The van der Waals surface area contributed by atoms with Crippen molar-refractivity contribution in [3.8, 4) is 0 Å². The Hall–Kier alpha value is -2.63. The normalized spacial score (nSPS) is 10.2. The fraction of sp³-hybridized carbons (Fsp3) is 0.154. The predicted molar refractivity (Wildman–Crippen MR) is 67.9 cm³/mol. The second-order valence-corrected chi connectivity index (χ2v) is 3.91. The lowest BCUT2D eigenvalue weighted by Gasteiger charge is -2.05. The van der Waals surface area contributed by atoms with Crippen molar-refractivity contribution in [2.45, 2.75) is 6.92 Å². The lowest BCUT2D eigenvalue weighted by atomic mass is 10.1. The quantitative estimate of drug-likeness (QED) is 0.474. The summed E-state index contributed by atoms with van der Waals surface area (Å²) < 4.78 is 9.31. The minimum absolute atomic E-state index is 0.340. The van der Waals surface area contributed by atoms with Gasteiger partial charge in [-0.25, -0.2) is 9.59 Å². The van der Waals surface area contributed by atoms with E-state index in [0.717, 1.165) is 18.1 Å². The number of aryl methyl sites for hydroxylation is 1. The molecule has 98 valence electrons. The Morgan fingerprint density at radius 3 is 2.68 bits per heavy atom. The van der Waals surface area contributed by atoms with Crippen LogP contribution in [0.1, 0.15) is 5.56 Å². The molecule has 0 saturated carbocycles. The average Bonchev–Trinajstić information content (AvgIpc) is 2.36. The Bertz CT molecular complexity index is 717. The Morgan fingerprint density at radius 1 is 1.26 bits per heavy atom. The minimum atomic E-state index is -0.995. The molecule has 2 aromatic rings. The summed E-state index contributed by atoms with van der Waals surface area (Å²) in [5.41, 5.74) is 0.989. The maximum atomic E-state index is 11.3. The molecule has 0 aliphatic carbocycles. The smallest absolute Gasteiger partial charge is 0.396 e. The molecule has 0 aliphatic heterocycles. The van der Waals surface area contributed by atoms with E-state index in [9.17, 15) is 14.4 Å². The molecule has 0 atom stereocenters. The third-order valence-electron chi connectivity index (χ3n) is 2.58. The molecule has 0 spiro atoms. The molecule has 6 heteroatoms. The van der Waals surface area contributed by atoms with Gasteiger partial charge < -0.3 is 14.5 Å². The summed E-state index contributed by atoms with van der Waals surface area (Å²) in [5.74, 6) is -1.89. The number of hydrogen-bond acceptors (Lipinski definition) is 5. The minimum Gasteiger partial charge on any atom is -0.462 e. The zero-order valence-corrected chi connectivity index (χ0v) is 10.4. The van der Waals surface area contributed by atoms with Crippen LogP contribution < -0.4 is 10.9 Å². The maximum absolute atomic E-state index is 11.3. The highest BCUT2D eigenvalue weighted by molar-refractivity contribution is 6.37. The number of anilines is 1. The average molecular weight is 261 g/mol. The van der Waals surface area contributed by atoms with E-state index in [4.69, 9.17) is 4.42 Å². The summed E-state index contributed by atoms with van der Waals surface area (Å²) in [6.07, 6.45) is 0. The summed E-state index contributed by atoms with van der Waals surface area (Å²) in [7, 11) is 1.12. The van der Waals surface area contributed by atoms with Crippen LogP contribution in [0.5, 0.6) is 0 Å². The summed E-state index contributed by atoms with van der Waals surface area (Å²) >= 11 is 0. The Kier molecular flexibility index (Phi) is 3.33. The number of rotatable bonds is 1. The predicted octanol–water partition coefficient (Wildman–Crippen LogP) is 1.21. The van der Waals surface area contributed by atoms with Crippen molar-refractivity contribution in [2.24, 2.45) is 0 Å². The van der Waals surface area contributed by atoms with E-state index in [1.807, 2.05) is 0 Å². The zero-order chi connectivity index (χ0) is 14.0. The molecule has 0 aliphatic rings. The Balaban J connectivity index is 2.39. The van der Waals surface area contributed by atoms with Crippen LogP contribution in [0.4, 0.5) is 5.69 Å². The topological polar surface area (TPSA) is 85.6 Å². The number of carbonyl (C=O) groups is 2. The number of hydrogen-bond donors (Lipinski definition) is 1. The van der Waals surface area contributed by atoms with E-state index < -0.39 is 17.5 Å². The van der Waals surface area contributed by atoms with Crippen molar-refractivity contribution in [3.05, 3.63) is 40.2 Å². The third-order valence-corrected chi connectivity index (χ3v) is 2.58. The molecule has 0 saturated heterocycles. The zero-order valence-electron chi connectivity index (χ0n) is 10.4. The van der Waals surface area contributed by atoms with E-state index >= 15 is 0 Å². The fourth-order valence-corrected chi connectivity index (χ4v) is 1.68. The van der Waals surface area contributed by atoms with Gasteiger partial charge in [-0.05, 0) is 24.6 Å². The van der Waals surface area contributed by atoms with Crippen LogP contribution in [0.2, 0.25) is 0 Å². The Morgan fingerprint density at radius 2 is 2.00 bits per heavy atom. The van der Waals surface area contributed by atoms with Crippen molar-refractivity contribution >= 4 is 28.5 Å². The molecule has 1 aromatic heterocycles. The molecule has 2 rings (SSSR count). The number of carbonyl (C=O) groups excluding carboxylic acids is 2. The number of esters is 1. The van der Waals surface area contributed by atoms with Crippen molar-refractivity contribution < 1.29 is 18.7 Å². The second-order valence-electron chi connectivity index (χ2n) is 3.91. The van der Waals surface area contributed by atoms with Crippen LogP contribution in [-0.4, -0.2) is 19.0 Å². The number of fused-ring (bicyclic) bond motifs is 1. The van der Waals surface area contributed by atoms with Crippen molar-refractivity contribution in [2.75, 3.05) is 12.4 Å². The van der Waals surface area contributed by atoms with E-state index in [1.54, 1.807) is 19.1 Å². The van der Waals surface area contributed by atoms with Crippen LogP contribution in [0.25, 0.3) is 11.0 Å². The molecular weight excluding hydrogens is 250 g/mol. The van der Waals surface area contributed by atoms with Gasteiger partial charge in [-0.2, -0.15) is 0 Å². The van der Waals surface area contributed by atoms with Gasteiger partial charge in [-0.3, -0.25) is 4.79 Å². The second kappa shape index (κ2) is 4.93. The highest BCUT2D eigenvalue weighted by atomic mass is 16.5. The summed E-state index contributed by atoms with van der Waals surface area (Å²) in [6, 6.07) is 6.16. The van der Waals surface area contributed by atoms with Crippen molar-refractivity contribution in [1.82, 2.24) is 0 Å². The lowest BCUT2D eigenvalue weighted by molar-refractivity contribution is -0.150. The van der Waals surface area contributed by atoms with E-state index in [2.05, 4.69) is 10.1 Å².